The first kappa shape index (κ1) is 25.6. The zero-order valence-electron chi connectivity index (χ0n) is 18.0. The fraction of sp³-hybridized carbons (Fsp3) is 0.333. The zero-order valence-corrected chi connectivity index (χ0v) is 18.0. The Balaban J connectivity index is 2.18. The molecule has 2 amide bonds. The van der Waals surface area contributed by atoms with E-state index in [4.69, 9.17) is 22.9 Å². The summed E-state index contributed by atoms with van der Waals surface area (Å²) in [5.74, 6) is -10.8. The first-order chi connectivity index (χ1) is 15.2. The average molecular weight is 470 g/mol. The lowest BCUT2D eigenvalue weighted by atomic mass is 9.96. The number of carbonyl (C=O) groups excluding carboxylic acids is 2. The lowest BCUT2D eigenvalue weighted by molar-refractivity contribution is -0.191. The number of hydrogen-bond acceptors (Lipinski definition) is 6. The molecule has 8 nitrogen and oxygen atoms in total. The smallest absolute Gasteiger partial charge is 0.328 e. The molecular weight excluding hydrogens is 444 g/mol. The third-order valence-electron chi connectivity index (χ3n) is 4.97. The van der Waals surface area contributed by atoms with Gasteiger partial charge in [-0.1, -0.05) is 13.8 Å². The van der Waals surface area contributed by atoms with Gasteiger partial charge in [0.1, 0.15) is 0 Å². The van der Waals surface area contributed by atoms with E-state index in [1.54, 1.807) is 13.8 Å². The molecule has 0 radical (unpaired) electrons. The number of carbonyl (C=O) groups is 2. The molecule has 0 unspecified atom stereocenters. The van der Waals surface area contributed by atoms with Crippen LogP contribution >= 0.6 is 0 Å². The molecule has 0 saturated heterocycles. The summed E-state index contributed by atoms with van der Waals surface area (Å²) in [6.07, 6.45) is 0. The van der Waals surface area contributed by atoms with E-state index in [1.807, 2.05) is 0 Å². The Morgan fingerprint density at radius 1 is 0.848 bits per heavy atom. The molecular formula is C21H26F4N6O2. The Hall–Kier alpha value is -3.70. The number of rotatable bonds is 10. The van der Waals surface area contributed by atoms with Crippen molar-refractivity contribution in [1.29, 1.82) is 0 Å². The van der Waals surface area contributed by atoms with Crippen LogP contribution in [0.5, 0.6) is 0 Å². The Labute approximate surface area is 187 Å². The van der Waals surface area contributed by atoms with Gasteiger partial charge in [-0.15, -0.1) is 0 Å². The molecule has 0 saturated carbocycles. The van der Waals surface area contributed by atoms with Crippen molar-refractivity contribution in [3.63, 3.8) is 0 Å². The van der Waals surface area contributed by atoms with E-state index in [1.165, 1.54) is 24.3 Å². The van der Waals surface area contributed by atoms with Crippen molar-refractivity contribution < 1.29 is 27.2 Å². The van der Waals surface area contributed by atoms with Crippen LogP contribution in [0.1, 0.15) is 46.0 Å². The normalized spacial score (nSPS) is 12.0. The predicted molar refractivity (Wildman–Crippen MR) is 120 cm³/mol. The van der Waals surface area contributed by atoms with Crippen molar-refractivity contribution in [2.24, 2.45) is 11.5 Å². The predicted octanol–water partition coefficient (Wildman–Crippen LogP) is 2.97. The highest BCUT2D eigenvalue weighted by molar-refractivity contribution is 5.96. The summed E-state index contributed by atoms with van der Waals surface area (Å²) in [6.45, 7) is 0.567. The molecule has 0 atom stereocenters. The summed E-state index contributed by atoms with van der Waals surface area (Å²) in [7, 11) is 0. The molecule has 0 fully saturated rings. The molecule has 0 aliphatic heterocycles. The third-order valence-corrected chi connectivity index (χ3v) is 4.97. The molecule has 0 aliphatic carbocycles. The summed E-state index contributed by atoms with van der Waals surface area (Å²) >= 11 is 0. The first-order valence-electron chi connectivity index (χ1n) is 9.82. The number of alkyl halides is 4. The molecule has 10 N–H and O–H groups in total. The average Bonchev–Trinajstić information content (AvgIpc) is 2.70. The molecule has 0 aliphatic rings. The molecule has 2 aromatic rings. The van der Waals surface area contributed by atoms with Gasteiger partial charge in [0.25, 0.3) is 0 Å². The lowest BCUT2D eigenvalue weighted by Crippen LogP contribution is -2.50. The quantitative estimate of drug-likeness (QED) is 0.231. The van der Waals surface area contributed by atoms with Crippen molar-refractivity contribution >= 4 is 34.6 Å². The van der Waals surface area contributed by atoms with E-state index in [2.05, 4.69) is 10.6 Å². The van der Waals surface area contributed by atoms with E-state index < -0.39 is 36.7 Å². The van der Waals surface area contributed by atoms with Crippen LogP contribution in [0.2, 0.25) is 0 Å². The van der Waals surface area contributed by atoms with E-state index >= 15 is 0 Å². The Morgan fingerprint density at radius 3 is 1.85 bits per heavy atom. The van der Waals surface area contributed by atoms with Crippen molar-refractivity contribution in [2.45, 2.75) is 31.6 Å². The molecule has 12 heteroatoms. The zero-order chi connectivity index (χ0) is 25.1. The van der Waals surface area contributed by atoms with Crippen LogP contribution < -0.4 is 33.6 Å². The van der Waals surface area contributed by atoms with E-state index in [0.717, 1.165) is 6.07 Å². The topological polar surface area (TPSA) is 162 Å². The van der Waals surface area contributed by atoms with Crippen molar-refractivity contribution in [3.8, 4) is 0 Å². The maximum absolute atomic E-state index is 14.5. The van der Waals surface area contributed by atoms with Gasteiger partial charge in [0, 0.05) is 11.1 Å². The molecule has 0 spiro atoms. The molecule has 33 heavy (non-hydrogen) atoms. The van der Waals surface area contributed by atoms with Crippen LogP contribution in [0.3, 0.4) is 0 Å². The maximum atomic E-state index is 14.5. The summed E-state index contributed by atoms with van der Waals surface area (Å²) in [4.78, 5) is 22.6. The molecule has 2 rings (SSSR count). The summed E-state index contributed by atoms with van der Waals surface area (Å²) in [5, 5.41) is 4.47. The van der Waals surface area contributed by atoms with Crippen LogP contribution in [0.4, 0.5) is 40.3 Å². The number of nitrogens with two attached hydrogens (primary N) is 4. The van der Waals surface area contributed by atoms with Crippen LogP contribution in [0.15, 0.2) is 30.3 Å². The van der Waals surface area contributed by atoms with Gasteiger partial charge in [0.15, 0.2) is 0 Å². The van der Waals surface area contributed by atoms with Gasteiger partial charge >= 0.3 is 11.8 Å². The van der Waals surface area contributed by atoms with E-state index in [-0.39, 0.29) is 39.8 Å². The number of nitrogens with one attached hydrogen (secondary N) is 2. The number of primary amides is 2. The van der Waals surface area contributed by atoms with Gasteiger partial charge in [-0.2, -0.15) is 17.6 Å². The standard InChI is InChI=1S/C21H26F4N6O2/c1-10(2)13-5-12(19(29)33)7-15(27)17(13)31-9-21(24,25)20(22,23)8-30-16-4-3-11(18(28)32)6-14(16)26/h3-7,10,30-31H,8-9,26-27H2,1-2H3,(H2,28,32)(H2,29,33). The monoisotopic (exact) mass is 470 g/mol. The highest BCUT2D eigenvalue weighted by Crippen LogP contribution is 2.37. The second-order valence-corrected chi connectivity index (χ2v) is 7.83. The Morgan fingerprint density at radius 2 is 1.36 bits per heavy atom. The number of anilines is 4. The number of benzene rings is 2. The highest BCUT2D eigenvalue weighted by Gasteiger charge is 2.55. The van der Waals surface area contributed by atoms with Crippen LogP contribution in [0.25, 0.3) is 0 Å². The fourth-order valence-electron chi connectivity index (χ4n) is 3.03. The van der Waals surface area contributed by atoms with Gasteiger partial charge in [-0.3, -0.25) is 9.59 Å². The molecule has 0 aromatic heterocycles. The van der Waals surface area contributed by atoms with Gasteiger partial charge < -0.3 is 33.6 Å². The lowest BCUT2D eigenvalue weighted by Gasteiger charge is -2.29. The minimum atomic E-state index is -4.50. The number of amides is 2. The summed E-state index contributed by atoms with van der Waals surface area (Å²) < 4.78 is 57.7. The van der Waals surface area contributed by atoms with Crippen molar-refractivity contribution in [2.75, 3.05) is 35.2 Å². The molecule has 0 bridgehead atoms. The second kappa shape index (κ2) is 9.43. The van der Waals surface area contributed by atoms with Gasteiger partial charge in [0.2, 0.25) is 11.8 Å². The van der Waals surface area contributed by atoms with Crippen LogP contribution in [-0.2, 0) is 0 Å². The van der Waals surface area contributed by atoms with Crippen molar-refractivity contribution in [1.82, 2.24) is 0 Å². The largest absolute Gasteiger partial charge is 0.397 e. The van der Waals surface area contributed by atoms with Gasteiger partial charge in [0.05, 0.1) is 35.8 Å². The highest BCUT2D eigenvalue weighted by atomic mass is 19.3. The molecule has 180 valence electrons. The minimum absolute atomic E-state index is 0.0183. The first-order valence-corrected chi connectivity index (χ1v) is 9.82. The van der Waals surface area contributed by atoms with Crippen LogP contribution in [0, 0.1) is 0 Å². The Kier molecular flexibility index (Phi) is 7.30. The summed E-state index contributed by atoms with van der Waals surface area (Å²) in [5.41, 5.74) is 22.1. The van der Waals surface area contributed by atoms with E-state index in [0.29, 0.717) is 5.56 Å². The molecule has 0 heterocycles. The molecule has 2 aromatic carbocycles. The third kappa shape index (κ3) is 5.76. The second-order valence-electron chi connectivity index (χ2n) is 7.83. The number of halogens is 4. The van der Waals surface area contributed by atoms with E-state index in [9.17, 15) is 27.2 Å². The maximum Gasteiger partial charge on any atom is 0.328 e. The van der Waals surface area contributed by atoms with Crippen molar-refractivity contribution in [3.05, 3.63) is 47.0 Å². The number of hydrogen-bond donors (Lipinski definition) is 6. The number of nitrogen functional groups attached to an aromatic ring is 2. The Bertz CT molecular complexity index is 1060. The fourth-order valence-corrected chi connectivity index (χ4v) is 3.03. The van der Waals surface area contributed by atoms with Gasteiger partial charge in [-0.05, 0) is 41.8 Å². The summed E-state index contributed by atoms with van der Waals surface area (Å²) in [6, 6.07) is 6.13. The minimum Gasteiger partial charge on any atom is -0.397 e. The van der Waals surface area contributed by atoms with Crippen LogP contribution in [-0.4, -0.2) is 36.7 Å². The van der Waals surface area contributed by atoms with Gasteiger partial charge in [-0.25, -0.2) is 0 Å². The SMILES string of the molecule is CC(C)c1cc(C(N)=O)cc(N)c1NCC(F)(F)C(F)(F)CNc1ccc(C(N)=O)cc1N.